The van der Waals surface area contributed by atoms with Crippen LogP contribution in [0.25, 0.3) is 0 Å². The third-order valence-corrected chi connectivity index (χ3v) is 2.77. The van der Waals surface area contributed by atoms with Crippen molar-refractivity contribution in [3.63, 3.8) is 0 Å². The molecule has 1 aromatic heterocycles. The summed E-state index contributed by atoms with van der Waals surface area (Å²) in [5.74, 6) is 0. The van der Waals surface area contributed by atoms with Crippen LogP contribution in [0.4, 0.5) is 5.13 Å². The fourth-order valence-electron chi connectivity index (χ4n) is 0.847. The van der Waals surface area contributed by atoms with Crippen LogP contribution in [0.1, 0.15) is 26.2 Å². The molecular formula is C7H12BrN3S. The minimum absolute atomic E-state index is 0.834. The van der Waals surface area contributed by atoms with Crippen molar-refractivity contribution in [1.82, 2.24) is 10.2 Å². The van der Waals surface area contributed by atoms with Crippen LogP contribution < -0.4 is 5.32 Å². The Kier molecular flexibility index (Phi) is 4.53. The second-order valence-corrected chi connectivity index (χ2v) is 4.75. The molecule has 0 amide bonds. The molecule has 68 valence electrons. The van der Waals surface area contributed by atoms with Gasteiger partial charge in [-0.25, -0.2) is 0 Å². The molecule has 0 radical (unpaired) electrons. The number of anilines is 1. The number of aromatic nitrogens is 2. The lowest BCUT2D eigenvalue weighted by Gasteiger charge is -1.98. The molecular weight excluding hydrogens is 238 g/mol. The van der Waals surface area contributed by atoms with Crippen LogP contribution in [0.15, 0.2) is 3.92 Å². The second kappa shape index (κ2) is 5.48. The van der Waals surface area contributed by atoms with Crippen molar-refractivity contribution in [3.05, 3.63) is 3.92 Å². The van der Waals surface area contributed by atoms with Crippen LogP contribution in [0, 0.1) is 0 Å². The summed E-state index contributed by atoms with van der Waals surface area (Å²) in [7, 11) is 0. The number of hydrogen-bond donors (Lipinski definition) is 1. The predicted octanol–water partition coefficient (Wildman–Crippen LogP) is 2.90. The molecule has 0 spiro atoms. The quantitative estimate of drug-likeness (QED) is 0.816. The Hall–Kier alpha value is -0.160. The topological polar surface area (TPSA) is 37.8 Å². The summed E-state index contributed by atoms with van der Waals surface area (Å²) in [6.07, 6.45) is 3.72. The number of rotatable bonds is 5. The van der Waals surface area contributed by atoms with Crippen molar-refractivity contribution >= 4 is 32.4 Å². The zero-order valence-electron chi connectivity index (χ0n) is 7.01. The molecule has 3 nitrogen and oxygen atoms in total. The molecule has 0 saturated carbocycles. The summed E-state index contributed by atoms with van der Waals surface area (Å²) in [5, 5.41) is 11.9. The van der Waals surface area contributed by atoms with Gasteiger partial charge in [0.25, 0.3) is 0 Å². The van der Waals surface area contributed by atoms with E-state index in [-0.39, 0.29) is 0 Å². The number of hydrogen-bond acceptors (Lipinski definition) is 4. The summed E-state index contributed by atoms with van der Waals surface area (Å²) < 4.78 is 0.834. The van der Waals surface area contributed by atoms with Crippen molar-refractivity contribution in [2.75, 3.05) is 11.9 Å². The van der Waals surface area contributed by atoms with Crippen LogP contribution in [0.3, 0.4) is 0 Å². The first kappa shape index (κ1) is 9.92. The van der Waals surface area contributed by atoms with Gasteiger partial charge in [-0.1, -0.05) is 31.1 Å². The third-order valence-electron chi connectivity index (χ3n) is 1.46. The van der Waals surface area contributed by atoms with Gasteiger partial charge in [0.2, 0.25) is 5.13 Å². The second-order valence-electron chi connectivity index (χ2n) is 2.49. The molecule has 0 aliphatic rings. The smallest absolute Gasteiger partial charge is 0.206 e. The molecule has 0 unspecified atom stereocenters. The lowest BCUT2D eigenvalue weighted by Crippen LogP contribution is -2.00. The minimum Gasteiger partial charge on any atom is -0.360 e. The Morgan fingerprint density at radius 3 is 2.83 bits per heavy atom. The van der Waals surface area contributed by atoms with E-state index in [1.807, 2.05) is 0 Å². The van der Waals surface area contributed by atoms with Gasteiger partial charge in [0.1, 0.15) is 0 Å². The standard InChI is InChI=1S/C7H12BrN3S/c1-2-3-4-5-9-7-11-10-6(8)12-7/h2-5H2,1H3,(H,9,11). The molecule has 1 aromatic rings. The van der Waals surface area contributed by atoms with Crippen LogP contribution in [0.2, 0.25) is 0 Å². The van der Waals surface area contributed by atoms with E-state index in [9.17, 15) is 0 Å². The summed E-state index contributed by atoms with van der Waals surface area (Å²) >= 11 is 4.79. The highest BCUT2D eigenvalue weighted by Crippen LogP contribution is 2.19. The highest BCUT2D eigenvalue weighted by atomic mass is 79.9. The first-order valence-corrected chi connectivity index (χ1v) is 5.66. The number of unbranched alkanes of at least 4 members (excludes halogenated alkanes) is 2. The van der Waals surface area contributed by atoms with E-state index in [4.69, 9.17) is 0 Å². The highest BCUT2D eigenvalue weighted by Gasteiger charge is 1.98. The molecule has 12 heavy (non-hydrogen) atoms. The maximum absolute atomic E-state index is 3.92. The minimum atomic E-state index is 0.834. The van der Waals surface area contributed by atoms with Gasteiger partial charge < -0.3 is 5.32 Å². The summed E-state index contributed by atoms with van der Waals surface area (Å²) in [4.78, 5) is 0. The van der Waals surface area contributed by atoms with E-state index < -0.39 is 0 Å². The Morgan fingerprint density at radius 1 is 1.42 bits per heavy atom. The molecule has 0 saturated heterocycles. The molecule has 5 heteroatoms. The van der Waals surface area contributed by atoms with Gasteiger partial charge in [-0.15, -0.1) is 10.2 Å². The molecule has 0 bridgehead atoms. The zero-order chi connectivity index (χ0) is 8.81. The van der Waals surface area contributed by atoms with Crippen molar-refractivity contribution < 1.29 is 0 Å². The fourth-order valence-corrected chi connectivity index (χ4v) is 1.88. The molecule has 0 aliphatic heterocycles. The summed E-state index contributed by atoms with van der Waals surface area (Å²) in [6.45, 7) is 3.19. The van der Waals surface area contributed by atoms with Gasteiger partial charge in [0, 0.05) is 6.54 Å². The first-order chi connectivity index (χ1) is 5.83. The Balaban J connectivity index is 2.15. The first-order valence-electron chi connectivity index (χ1n) is 4.06. The normalized spacial score (nSPS) is 10.2. The maximum Gasteiger partial charge on any atom is 0.206 e. The summed E-state index contributed by atoms with van der Waals surface area (Å²) in [6, 6.07) is 0. The molecule has 0 aromatic carbocycles. The van der Waals surface area contributed by atoms with Crippen molar-refractivity contribution in [1.29, 1.82) is 0 Å². The van der Waals surface area contributed by atoms with E-state index >= 15 is 0 Å². The van der Waals surface area contributed by atoms with Gasteiger partial charge in [-0.05, 0) is 22.4 Å². The van der Waals surface area contributed by atoms with Gasteiger partial charge in [0.05, 0.1) is 0 Å². The summed E-state index contributed by atoms with van der Waals surface area (Å²) in [5.41, 5.74) is 0. The molecule has 0 aliphatic carbocycles. The molecule has 1 rings (SSSR count). The maximum atomic E-state index is 3.92. The van der Waals surface area contributed by atoms with Gasteiger partial charge in [-0.3, -0.25) is 0 Å². The zero-order valence-corrected chi connectivity index (χ0v) is 9.41. The van der Waals surface area contributed by atoms with Gasteiger partial charge >= 0.3 is 0 Å². The van der Waals surface area contributed by atoms with Crippen LogP contribution >= 0.6 is 27.3 Å². The molecule has 1 heterocycles. The van der Waals surface area contributed by atoms with Crippen LogP contribution in [-0.2, 0) is 0 Å². The largest absolute Gasteiger partial charge is 0.360 e. The number of nitrogens with zero attached hydrogens (tertiary/aromatic N) is 2. The van der Waals surface area contributed by atoms with E-state index in [0.717, 1.165) is 15.6 Å². The Labute approximate surface area is 84.7 Å². The predicted molar refractivity (Wildman–Crippen MR) is 55.6 cm³/mol. The Morgan fingerprint density at radius 2 is 2.25 bits per heavy atom. The molecule has 0 atom stereocenters. The fraction of sp³-hybridized carbons (Fsp3) is 0.714. The number of nitrogens with one attached hydrogen (secondary N) is 1. The Bertz CT molecular complexity index is 226. The van der Waals surface area contributed by atoms with Crippen LogP contribution in [-0.4, -0.2) is 16.7 Å². The monoisotopic (exact) mass is 249 g/mol. The lowest BCUT2D eigenvalue weighted by atomic mass is 10.2. The van der Waals surface area contributed by atoms with Crippen molar-refractivity contribution in [2.45, 2.75) is 26.2 Å². The van der Waals surface area contributed by atoms with Gasteiger partial charge in [-0.2, -0.15) is 0 Å². The average molecular weight is 250 g/mol. The van der Waals surface area contributed by atoms with Crippen molar-refractivity contribution in [2.24, 2.45) is 0 Å². The SMILES string of the molecule is CCCCCNc1nnc(Br)s1. The van der Waals surface area contributed by atoms with E-state index in [1.165, 1.54) is 30.6 Å². The van der Waals surface area contributed by atoms with Crippen molar-refractivity contribution in [3.8, 4) is 0 Å². The molecule has 1 N–H and O–H groups in total. The van der Waals surface area contributed by atoms with Gasteiger partial charge in [0.15, 0.2) is 3.92 Å². The van der Waals surface area contributed by atoms with E-state index in [1.54, 1.807) is 0 Å². The lowest BCUT2D eigenvalue weighted by molar-refractivity contribution is 0.742. The molecule has 0 fully saturated rings. The van der Waals surface area contributed by atoms with Crippen LogP contribution in [0.5, 0.6) is 0 Å². The number of halogens is 1. The third kappa shape index (κ3) is 3.49. The highest BCUT2D eigenvalue weighted by molar-refractivity contribution is 9.11. The van der Waals surface area contributed by atoms with E-state index in [0.29, 0.717) is 0 Å². The average Bonchev–Trinajstić information content (AvgIpc) is 2.45. The van der Waals surface area contributed by atoms with E-state index in [2.05, 4.69) is 38.4 Å².